The largest absolute Gasteiger partial charge is 0.303 e. The van der Waals surface area contributed by atoms with E-state index in [0.29, 0.717) is 5.92 Å². The van der Waals surface area contributed by atoms with Crippen LogP contribution >= 0.6 is 0 Å². The van der Waals surface area contributed by atoms with E-state index in [1.165, 1.54) is 24.0 Å². The van der Waals surface area contributed by atoms with Gasteiger partial charge in [-0.3, -0.25) is 5.10 Å². The standard InChI is InChI=1S/C14H16N4/c1-2-4-11-8-15-12(7-10(11)3-1)14-16-13(17-18-14)9-5-6-9/h1-4,9,12,15H,5-8H2,(H,16,17,18)/t12-/m1/s1. The Morgan fingerprint density at radius 3 is 2.78 bits per heavy atom. The number of nitrogens with zero attached hydrogens (tertiary/aromatic N) is 2. The van der Waals surface area contributed by atoms with Crippen molar-refractivity contribution in [3.05, 3.63) is 47.0 Å². The number of aromatic nitrogens is 3. The van der Waals surface area contributed by atoms with Crippen molar-refractivity contribution in [2.45, 2.75) is 37.8 Å². The number of fused-ring (bicyclic) bond motifs is 1. The number of nitrogens with one attached hydrogen (secondary N) is 2. The van der Waals surface area contributed by atoms with Crippen LogP contribution in [0.5, 0.6) is 0 Å². The number of benzene rings is 1. The first-order valence-corrected chi connectivity index (χ1v) is 6.62. The topological polar surface area (TPSA) is 53.6 Å². The van der Waals surface area contributed by atoms with Gasteiger partial charge in [0, 0.05) is 12.5 Å². The van der Waals surface area contributed by atoms with Crippen molar-refractivity contribution < 1.29 is 0 Å². The van der Waals surface area contributed by atoms with Crippen molar-refractivity contribution in [1.82, 2.24) is 20.5 Å². The molecule has 4 nitrogen and oxygen atoms in total. The van der Waals surface area contributed by atoms with Crippen molar-refractivity contribution in [2.24, 2.45) is 0 Å². The summed E-state index contributed by atoms with van der Waals surface area (Å²) in [5, 5.41) is 11.0. The lowest BCUT2D eigenvalue weighted by Crippen LogP contribution is -2.29. The lowest BCUT2D eigenvalue weighted by molar-refractivity contribution is 0.477. The van der Waals surface area contributed by atoms with E-state index in [-0.39, 0.29) is 6.04 Å². The van der Waals surface area contributed by atoms with Crippen LogP contribution in [0.1, 0.15) is 47.6 Å². The summed E-state index contributed by atoms with van der Waals surface area (Å²) >= 11 is 0. The molecule has 1 aliphatic heterocycles. The summed E-state index contributed by atoms with van der Waals surface area (Å²) < 4.78 is 0. The van der Waals surface area contributed by atoms with E-state index in [0.717, 1.165) is 24.6 Å². The Labute approximate surface area is 106 Å². The molecule has 0 saturated heterocycles. The summed E-state index contributed by atoms with van der Waals surface area (Å²) in [7, 11) is 0. The minimum absolute atomic E-state index is 0.278. The summed E-state index contributed by atoms with van der Waals surface area (Å²) in [5.74, 6) is 2.61. The van der Waals surface area contributed by atoms with Gasteiger partial charge in [-0.05, 0) is 30.4 Å². The van der Waals surface area contributed by atoms with Crippen LogP contribution in [0.4, 0.5) is 0 Å². The van der Waals surface area contributed by atoms with Crippen LogP contribution in [-0.4, -0.2) is 15.2 Å². The normalized spacial score (nSPS) is 22.8. The molecule has 1 aliphatic carbocycles. The highest BCUT2D eigenvalue weighted by Gasteiger charge is 2.29. The van der Waals surface area contributed by atoms with Gasteiger partial charge < -0.3 is 5.32 Å². The molecule has 1 atom stereocenters. The fourth-order valence-corrected chi connectivity index (χ4v) is 2.62. The minimum Gasteiger partial charge on any atom is -0.303 e. The Morgan fingerprint density at radius 2 is 1.94 bits per heavy atom. The zero-order valence-corrected chi connectivity index (χ0v) is 10.2. The van der Waals surface area contributed by atoms with Crippen LogP contribution in [0.15, 0.2) is 24.3 Å². The van der Waals surface area contributed by atoms with E-state index >= 15 is 0 Å². The maximum atomic E-state index is 4.64. The van der Waals surface area contributed by atoms with Crippen LogP contribution in [0.3, 0.4) is 0 Å². The van der Waals surface area contributed by atoms with Gasteiger partial charge >= 0.3 is 0 Å². The van der Waals surface area contributed by atoms with Crippen LogP contribution in [0.2, 0.25) is 0 Å². The van der Waals surface area contributed by atoms with Gasteiger partial charge in [-0.2, -0.15) is 5.10 Å². The predicted octanol–water partition coefficient (Wildman–Crippen LogP) is 2.07. The summed E-state index contributed by atoms with van der Waals surface area (Å²) in [6, 6.07) is 8.88. The Hall–Kier alpha value is -1.68. The maximum Gasteiger partial charge on any atom is 0.153 e. The lowest BCUT2D eigenvalue weighted by atomic mass is 9.96. The summed E-state index contributed by atoms with van der Waals surface area (Å²) in [6.07, 6.45) is 3.49. The van der Waals surface area contributed by atoms with Crippen LogP contribution in [0, 0.1) is 0 Å². The van der Waals surface area contributed by atoms with Gasteiger partial charge in [-0.25, -0.2) is 4.98 Å². The van der Waals surface area contributed by atoms with Crippen LogP contribution in [-0.2, 0) is 13.0 Å². The molecule has 1 aromatic carbocycles. The number of hydrogen-bond acceptors (Lipinski definition) is 3. The van der Waals surface area contributed by atoms with Crippen molar-refractivity contribution in [3.8, 4) is 0 Å². The summed E-state index contributed by atoms with van der Waals surface area (Å²) in [6.45, 7) is 0.917. The number of aromatic amines is 1. The molecule has 0 spiro atoms. The molecule has 0 radical (unpaired) electrons. The first-order chi connectivity index (χ1) is 8.90. The fraction of sp³-hybridized carbons (Fsp3) is 0.429. The van der Waals surface area contributed by atoms with Gasteiger partial charge in [0.1, 0.15) is 5.82 Å². The molecule has 2 N–H and O–H groups in total. The quantitative estimate of drug-likeness (QED) is 0.845. The van der Waals surface area contributed by atoms with Gasteiger partial charge in [0.05, 0.1) is 6.04 Å². The van der Waals surface area contributed by atoms with E-state index in [1.54, 1.807) is 0 Å². The SMILES string of the molecule is c1ccc2c(c1)CN[C@@H](c1nc(C3CC3)n[nH]1)C2. The van der Waals surface area contributed by atoms with E-state index < -0.39 is 0 Å². The third-order valence-electron chi connectivity index (χ3n) is 3.87. The summed E-state index contributed by atoms with van der Waals surface area (Å²) in [4.78, 5) is 4.64. The monoisotopic (exact) mass is 240 g/mol. The van der Waals surface area contributed by atoms with E-state index in [4.69, 9.17) is 0 Å². The highest BCUT2D eigenvalue weighted by molar-refractivity contribution is 5.30. The van der Waals surface area contributed by atoms with Crippen LogP contribution in [0.25, 0.3) is 0 Å². The predicted molar refractivity (Wildman–Crippen MR) is 68.1 cm³/mol. The molecule has 1 saturated carbocycles. The Balaban J connectivity index is 1.59. The first-order valence-electron chi connectivity index (χ1n) is 6.62. The van der Waals surface area contributed by atoms with Gasteiger partial charge in [0.25, 0.3) is 0 Å². The molecule has 18 heavy (non-hydrogen) atoms. The zero-order valence-electron chi connectivity index (χ0n) is 10.2. The third kappa shape index (κ3) is 1.73. The van der Waals surface area contributed by atoms with E-state index in [1.807, 2.05) is 0 Å². The molecule has 1 aromatic heterocycles. The van der Waals surface area contributed by atoms with Crippen molar-refractivity contribution >= 4 is 0 Å². The van der Waals surface area contributed by atoms with Crippen LogP contribution < -0.4 is 5.32 Å². The van der Waals surface area contributed by atoms with Crippen molar-refractivity contribution in [2.75, 3.05) is 0 Å². The molecule has 2 aliphatic rings. The molecule has 1 fully saturated rings. The molecule has 4 rings (SSSR count). The smallest absolute Gasteiger partial charge is 0.153 e. The second-order valence-electron chi connectivity index (χ2n) is 5.26. The molecule has 0 unspecified atom stereocenters. The Kier molecular flexibility index (Phi) is 2.23. The first kappa shape index (κ1) is 10.3. The zero-order chi connectivity index (χ0) is 11.9. The van der Waals surface area contributed by atoms with Gasteiger partial charge in [-0.1, -0.05) is 24.3 Å². The lowest BCUT2D eigenvalue weighted by Gasteiger charge is -2.24. The molecule has 92 valence electrons. The molecular formula is C14H16N4. The molecule has 0 amide bonds. The Morgan fingerprint density at radius 1 is 1.11 bits per heavy atom. The molecule has 0 bridgehead atoms. The minimum atomic E-state index is 0.278. The number of H-pyrrole nitrogens is 1. The molecule has 4 heteroatoms. The van der Waals surface area contributed by atoms with Gasteiger partial charge in [-0.15, -0.1) is 0 Å². The average Bonchev–Trinajstić information content (AvgIpc) is 3.16. The second kappa shape index (κ2) is 3.92. The fourth-order valence-electron chi connectivity index (χ4n) is 2.62. The average molecular weight is 240 g/mol. The molecular weight excluding hydrogens is 224 g/mol. The maximum absolute atomic E-state index is 4.64. The van der Waals surface area contributed by atoms with Crippen molar-refractivity contribution in [1.29, 1.82) is 0 Å². The highest BCUT2D eigenvalue weighted by Crippen LogP contribution is 2.38. The highest BCUT2D eigenvalue weighted by atomic mass is 15.2. The van der Waals surface area contributed by atoms with Crippen molar-refractivity contribution in [3.63, 3.8) is 0 Å². The van der Waals surface area contributed by atoms with Gasteiger partial charge in [0.2, 0.25) is 0 Å². The van der Waals surface area contributed by atoms with E-state index in [2.05, 4.69) is 44.8 Å². The second-order valence-corrected chi connectivity index (χ2v) is 5.26. The number of rotatable bonds is 2. The van der Waals surface area contributed by atoms with Gasteiger partial charge in [0.15, 0.2) is 5.82 Å². The molecule has 2 heterocycles. The Bertz CT molecular complexity index is 571. The summed E-state index contributed by atoms with van der Waals surface area (Å²) in [5.41, 5.74) is 2.82. The molecule has 2 aromatic rings. The number of hydrogen-bond donors (Lipinski definition) is 2. The van der Waals surface area contributed by atoms with E-state index in [9.17, 15) is 0 Å². The third-order valence-corrected chi connectivity index (χ3v) is 3.87.